The molecular formula is C15H19F3N2O2. The van der Waals surface area contributed by atoms with Gasteiger partial charge in [-0.05, 0) is 24.9 Å². The first-order chi connectivity index (χ1) is 10.5. The number of ether oxygens (including phenoxy) is 1. The molecule has 1 fully saturated rings. The van der Waals surface area contributed by atoms with Gasteiger partial charge in [0.2, 0.25) is 0 Å². The summed E-state index contributed by atoms with van der Waals surface area (Å²) in [6.45, 7) is 0.0803. The van der Waals surface area contributed by atoms with E-state index in [1.54, 1.807) is 30.3 Å². The van der Waals surface area contributed by atoms with Gasteiger partial charge in [0, 0.05) is 12.6 Å². The number of alkyl halides is 3. The predicted molar refractivity (Wildman–Crippen MR) is 75.0 cm³/mol. The van der Waals surface area contributed by atoms with Crippen molar-refractivity contribution in [2.24, 2.45) is 0 Å². The summed E-state index contributed by atoms with van der Waals surface area (Å²) in [6.07, 6.45) is -3.67. The van der Waals surface area contributed by atoms with E-state index >= 15 is 0 Å². The fourth-order valence-electron chi connectivity index (χ4n) is 2.38. The summed E-state index contributed by atoms with van der Waals surface area (Å²) in [5.74, 6) is 0. The first-order valence-electron chi connectivity index (χ1n) is 7.25. The van der Waals surface area contributed by atoms with Crippen molar-refractivity contribution >= 4 is 6.09 Å². The minimum absolute atomic E-state index is 0.154. The molecule has 1 heterocycles. The minimum Gasteiger partial charge on any atom is -0.444 e. The smallest absolute Gasteiger partial charge is 0.444 e. The average molecular weight is 316 g/mol. The van der Waals surface area contributed by atoms with Gasteiger partial charge < -0.3 is 10.1 Å². The maximum absolute atomic E-state index is 13.0. The molecule has 0 saturated carbocycles. The molecule has 0 spiro atoms. The van der Waals surface area contributed by atoms with E-state index in [0.717, 1.165) is 12.8 Å². The molecule has 1 N–H and O–H groups in total. The molecule has 1 aromatic rings. The van der Waals surface area contributed by atoms with Crippen LogP contribution in [0.5, 0.6) is 0 Å². The van der Waals surface area contributed by atoms with Crippen molar-refractivity contribution in [1.29, 1.82) is 0 Å². The third-order valence-corrected chi connectivity index (χ3v) is 3.55. The van der Waals surface area contributed by atoms with Crippen LogP contribution in [0.3, 0.4) is 0 Å². The van der Waals surface area contributed by atoms with Crippen LogP contribution in [0.15, 0.2) is 30.3 Å². The molecule has 1 aliphatic rings. The fourth-order valence-corrected chi connectivity index (χ4v) is 2.38. The van der Waals surface area contributed by atoms with E-state index in [1.807, 2.05) is 0 Å². The maximum Gasteiger partial charge on any atom is 0.489 e. The van der Waals surface area contributed by atoms with Gasteiger partial charge in [0.1, 0.15) is 6.61 Å². The van der Waals surface area contributed by atoms with E-state index in [0.29, 0.717) is 18.5 Å². The summed E-state index contributed by atoms with van der Waals surface area (Å²) in [6, 6.07) is 8.27. The van der Waals surface area contributed by atoms with Crippen molar-refractivity contribution in [3.8, 4) is 0 Å². The van der Waals surface area contributed by atoms with Crippen molar-refractivity contribution in [2.75, 3.05) is 13.1 Å². The van der Waals surface area contributed by atoms with Gasteiger partial charge in [-0.1, -0.05) is 36.8 Å². The second-order valence-electron chi connectivity index (χ2n) is 5.27. The molecule has 1 aromatic carbocycles. The van der Waals surface area contributed by atoms with Gasteiger partial charge in [-0.3, -0.25) is 0 Å². The Bertz CT molecular complexity index is 473. The lowest BCUT2D eigenvalue weighted by molar-refractivity contribution is -0.232. The minimum atomic E-state index is -4.74. The van der Waals surface area contributed by atoms with E-state index < -0.39 is 18.9 Å². The SMILES string of the molecule is O=C(OCc1ccccc1)N(C[C@@H]1CCCCN1)C(F)(F)F. The number of carbonyl (C=O) groups is 1. The summed E-state index contributed by atoms with van der Waals surface area (Å²) < 4.78 is 43.9. The quantitative estimate of drug-likeness (QED) is 0.867. The zero-order chi connectivity index (χ0) is 16.0. The van der Waals surface area contributed by atoms with Crippen molar-refractivity contribution < 1.29 is 22.7 Å². The van der Waals surface area contributed by atoms with Gasteiger partial charge in [-0.15, -0.1) is 13.2 Å². The highest BCUT2D eigenvalue weighted by atomic mass is 19.4. The molecule has 0 unspecified atom stereocenters. The number of nitrogens with zero attached hydrogens (tertiary/aromatic N) is 1. The molecule has 1 amide bonds. The van der Waals surface area contributed by atoms with Gasteiger partial charge >= 0.3 is 12.4 Å². The lowest BCUT2D eigenvalue weighted by atomic mass is 10.0. The molecule has 2 rings (SSSR count). The zero-order valence-electron chi connectivity index (χ0n) is 12.1. The number of nitrogens with one attached hydrogen (secondary N) is 1. The number of halogens is 3. The summed E-state index contributed by atoms with van der Waals surface area (Å²) in [5.41, 5.74) is 0.647. The highest BCUT2D eigenvalue weighted by molar-refractivity contribution is 5.68. The molecular weight excluding hydrogens is 297 g/mol. The molecule has 0 bridgehead atoms. The first kappa shape index (κ1) is 16.6. The monoisotopic (exact) mass is 316 g/mol. The van der Waals surface area contributed by atoms with Gasteiger partial charge in [0.25, 0.3) is 0 Å². The normalized spacial score (nSPS) is 18.8. The number of hydrogen-bond acceptors (Lipinski definition) is 3. The first-order valence-corrected chi connectivity index (χ1v) is 7.25. The standard InChI is InChI=1S/C15H19F3N2O2/c16-15(17,18)20(10-13-8-4-5-9-19-13)14(21)22-11-12-6-2-1-3-7-12/h1-3,6-7,13,19H,4-5,8-11H2/t13-/m0/s1. The molecule has 0 radical (unpaired) electrons. The van der Waals surface area contributed by atoms with E-state index in [4.69, 9.17) is 4.74 Å². The highest BCUT2D eigenvalue weighted by Gasteiger charge is 2.43. The molecule has 1 atom stereocenters. The third kappa shape index (κ3) is 4.91. The number of benzene rings is 1. The van der Waals surface area contributed by atoms with Crippen LogP contribution in [-0.4, -0.2) is 36.4 Å². The van der Waals surface area contributed by atoms with Crippen LogP contribution in [0, 0.1) is 0 Å². The van der Waals surface area contributed by atoms with Crippen LogP contribution >= 0.6 is 0 Å². The predicted octanol–water partition coefficient (Wildman–Crippen LogP) is 3.29. The molecule has 122 valence electrons. The zero-order valence-corrected chi connectivity index (χ0v) is 12.1. The Morgan fingerprint density at radius 1 is 1.27 bits per heavy atom. The van der Waals surface area contributed by atoms with Crippen LogP contribution in [0.4, 0.5) is 18.0 Å². The van der Waals surface area contributed by atoms with Crippen molar-refractivity contribution in [2.45, 2.75) is 38.2 Å². The Morgan fingerprint density at radius 3 is 2.59 bits per heavy atom. The van der Waals surface area contributed by atoms with Gasteiger partial charge in [-0.25, -0.2) is 9.69 Å². The molecule has 7 heteroatoms. The van der Waals surface area contributed by atoms with E-state index in [9.17, 15) is 18.0 Å². The van der Waals surface area contributed by atoms with Crippen molar-refractivity contribution in [1.82, 2.24) is 10.2 Å². The number of amides is 1. The van der Waals surface area contributed by atoms with Crippen LogP contribution in [0.25, 0.3) is 0 Å². The lowest BCUT2D eigenvalue weighted by Crippen LogP contribution is -2.51. The Hall–Kier alpha value is -1.76. The average Bonchev–Trinajstić information content (AvgIpc) is 2.51. The number of carbonyl (C=O) groups excluding carboxylic acids is 1. The van der Waals surface area contributed by atoms with Gasteiger partial charge in [0.05, 0.1) is 0 Å². The Morgan fingerprint density at radius 2 is 2.00 bits per heavy atom. The second-order valence-corrected chi connectivity index (χ2v) is 5.27. The van der Waals surface area contributed by atoms with Crippen LogP contribution in [-0.2, 0) is 11.3 Å². The Labute approximate surface area is 127 Å². The summed E-state index contributed by atoms with van der Waals surface area (Å²) in [7, 11) is 0. The third-order valence-electron chi connectivity index (χ3n) is 3.55. The molecule has 0 aliphatic carbocycles. The largest absolute Gasteiger partial charge is 0.489 e. The van der Waals surface area contributed by atoms with E-state index in [-0.39, 0.29) is 17.5 Å². The molecule has 1 aliphatic heterocycles. The van der Waals surface area contributed by atoms with E-state index in [2.05, 4.69) is 5.32 Å². The summed E-state index contributed by atoms with van der Waals surface area (Å²) >= 11 is 0. The Kier molecular flexibility index (Phi) is 5.65. The summed E-state index contributed by atoms with van der Waals surface area (Å²) in [5, 5.41) is 3.00. The maximum atomic E-state index is 13.0. The number of hydrogen-bond donors (Lipinski definition) is 1. The van der Waals surface area contributed by atoms with Crippen molar-refractivity contribution in [3.63, 3.8) is 0 Å². The molecule has 0 aromatic heterocycles. The van der Waals surface area contributed by atoms with Crippen LogP contribution < -0.4 is 5.32 Å². The Balaban J connectivity index is 1.94. The summed E-state index contributed by atoms with van der Waals surface area (Å²) in [4.78, 5) is 11.6. The second kappa shape index (κ2) is 7.49. The van der Waals surface area contributed by atoms with Gasteiger partial charge in [-0.2, -0.15) is 0 Å². The number of rotatable bonds is 4. The molecule has 22 heavy (non-hydrogen) atoms. The fraction of sp³-hybridized carbons (Fsp3) is 0.533. The van der Waals surface area contributed by atoms with E-state index in [1.165, 1.54) is 0 Å². The topological polar surface area (TPSA) is 41.6 Å². The van der Waals surface area contributed by atoms with Gasteiger partial charge in [0.15, 0.2) is 0 Å². The molecule has 1 saturated heterocycles. The highest BCUT2D eigenvalue weighted by Crippen LogP contribution is 2.24. The number of piperidine rings is 1. The lowest BCUT2D eigenvalue weighted by Gasteiger charge is -2.31. The molecule has 4 nitrogen and oxygen atoms in total. The van der Waals surface area contributed by atoms with Crippen LogP contribution in [0.2, 0.25) is 0 Å². The van der Waals surface area contributed by atoms with Crippen molar-refractivity contribution in [3.05, 3.63) is 35.9 Å². The van der Waals surface area contributed by atoms with Crippen LogP contribution in [0.1, 0.15) is 24.8 Å².